The van der Waals surface area contributed by atoms with Gasteiger partial charge in [0.25, 0.3) is 0 Å². The van der Waals surface area contributed by atoms with Crippen LogP contribution in [0.15, 0.2) is 23.4 Å². The van der Waals surface area contributed by atoms with Crippen molar-refractivity contribution in [1.82, 2.24) is 19.7 Å². The Morgan fingerprint density at radius 1 is 1.12 bits per heavy atom. The Morgan fingerprint density at radius 3 is 2.69 bits per heavy atom. The fourth-order valence-corrected chi connectivity index (χ4v) is 4.05. The molecule has 0 radical (unpaired) electrons. The van der Waals surface area contributed by atoms with E-state index in [2.05, 4.69) is 10.2 Å². The predicted octanol–water partition coefficient (Wildman–Crippen LogP) is 2.36. The number of carbonyl (C=O) groups is 1. The molecule has 0 bridgehead atoms. The third-order valence-corrected chi connectivity index (χ3v) is 5.67. The zero-order valence-corrected chi connectivity index (χ0v) is 15.6. The molecule has 0 N–H and O–H groups in total. The van der Waals surface area contributed by atoms with E-state index in [4.69, 9.17) is 9.47 Å². The highest BCUT2D eigenvalue weighted by Crippen LogP contribution is 2.34. The van der Waals surface area contributed by atoms with Crippen molar-refractivity contribution in [3.8, 4) is 22.9 Å². The third kappa shape index (κ3) is 3.51. The van der Waals surface area contributed by atoms with E-state index in [9.17, 15) is 4.79 Å². The van der Waals surface area contributed by atoms with E-state index < -0.39 is 0 Å². The van der Waals surface area contributed by atoms with Crippen molar-refractivity contribution in [1.29, 1.82) is 0 Å². The fraction of sp³-hybridized carbons (Fsp3) is 0.500. The summed E-state index contributed by atoms with van der Waals surface area (Å²) in [5.74, 6) is 2.80. The van der Waals surface area contributed by atoms with Gasteiger partial charge in [0, 0.05) is 25.7 Å². The van der Waals surface area contributed by atoms with Gasteiger partial charge in [0.05, 0.1) is 5.75 Å². The highest BCUT2D eigenvalue weighted by Gasteiger charge is 2.19. The van der Waals surface area contributed by atoms with Crippen molar-refractivity contribution < 1.29 is 14.3 Å². The molecule has 1 fully saturated rings. The molecule has 0 aliphatic carbocycles. The molecule has 4 rings (SSSR count). The van der Waals surface area contributed by atoms with Gasteiger partial charge in [-0.05, 0) is 37.5 Å². The molecule has 0 saturated carbocycles. The summed E-state index contributed by atoms with van der Waals surface area (Å²) in [5, 5.41) is 9.29. The van der Waals surface area contributed by atoms with Crippen LogP contribution in [0.3, 0.4) is 0 Å². The van der Waals surface area contributed by atoms with Crippen LogP contribution in [0.1, 0.15) is 19.3 Å². The van der Waals surface area contributed by atoms with Gasteiger partial charge in [-0.15, -0.1) is 10.2 Å². The maximum atomic E-state index is 12.3. The highest BCUT2D eigenvalue weighted by molar-refractivity contribution is 7.99. The Labute approximate surface area is 156 Å². The summed E-state index contributed by atoms with van der Waals surface area (Å²) < 4.78 is 13.1. The topological polar surface area (TPSA) is 69.5 Å². The minimum absolute atomic E-state index is 0.179. The van der Waals surface area contributed by atoms with Gasteiger partial charge >= 0.3 is 0 Å². The lowest BCUT2D eigenvalue weighted by molar-refractivity contribution is -0.129. The Morgan fingerprint density at radius 2 is 1.88 bits per heavy atom. The Balaban J connectivity index is 1.45. The van der Waals surface area contributed by atoms with Crippen LogP contribution in [0, 0.1) is 0 Å². The number of hydrogen-bond donors (Lipinski definition) is 0. The van der Waals surface area contributed by atoms with Crippen molar-refractivity contribution >= 4 is 17.7 Å². The Kier molecular flexibility index (Phi) is 5.01. The molecule has 1 aromatic carbocycles. The van der Waals surface area contributed by atoms with Crippen LogP contribution in [0.4, 0.5) is 0 Å². The second-order valence-corrected chi connectivity index (χ2v) is 7.40. The molecule has 2 aromatic rings. The molecule has 2 aliphatic rings. The maximum absolute atomic E-state index is 12.3. The molecule has 1 aromatic heterocycles. The maximum Gasteiger partial charge on any atom is 0.233 e. The molecular weight excluding hydrogens is 352 g/mol. The average Bonchev–Trinajstić information content (AvgIpc) is 3.07. The highest BCUT2D eigenvalue weighted by atomic mass is 32.2. The van der Waals surface area contributed by atoms with E-state index in [1.165, 1.54) is 18.2 Å². The minimum Gasteiger partial charge on any atom is -0.486 e. The van der Waals surface area contributed by atoms with Crippen molar-refractivity contribution in [3.05, 3.63) is 18.2 Å². The number of aromatic nitrogens is 3. The van der Waals surface area contributed by atoms with Gasteiger partial charge in [0.2, 0.25) is 5.91 Å². The number of rotatable bonds is 4. The van der Waals surface area contributed by atoms with E-state index >= 15 is 0 Å². The van der Waals surface area contributed by atoms with Crippen LogP contribution in [-0.2, 0) is 11.8 Å². The lowest BCUT2D eigenvalue weighted by Gasteiger charge is -2.26. The molecule has 2 aliphatic heterocycles. The van der Waals surface area contributed by atoms with Gasteiger partial charge in [-0.2, -0.15) is 0 Å². The molecule has 3 heterocycles. The SMILES string of the molecule is Cn1c(SCC(=O)N2CCCCC2)nnc1-c1ccc2c(c1)OCCO2. The number of benzene rings is 1. The standard InChI is InChI=1S/C18H22N4O3S/c1-21-17(13-5-6-14-15(11-13)25-10-9-24-14)19-20-18(21)26-12-16(23)22-7-3-2-4-8-22/h5-6,11H,2-4,7-10,12H2,1H3. The second-order valence-electron chi connectivity index (χ2n) is 6.45. The van der Waals surface area contributed by atoms with E-state index in [0.717, 1.165) is 54.0 Å². The molecule has 8 heteroatoms. The number of ether oxygens (including phenoxy) is 2. The molecule has 0 spiro atoms. The fourth-order valence-electron chi connectivity index (χ4n) is 3.24. The molecule has 7 nitrogen and oxygen atoms in total. The van der Waals surface area contributed by atoms with E-state index in [1.807, 2.05) is 34.7 Å². The van der Waals surface area contributed by atoms with Crippen molar-refractivity contribution in [2.24, 2.45) is 7.05 Å². The third-order valence-electron chi connectivity index (χ3n) is 4.67. The number of carbonyl (C=O) groups excluding carboxylic acids is 1. The molecule has 0 atom stereocenters. The molecule has 138 valence electrons. The van der Waals surface area contributed by atoms with Gasteiger partial charge in [0.15, 0.2) is 22.5 Å². The van der Waals surface area contributed by atoms with Crippen LogP contribution >= 0.6 is 11.8 Å². The van der Waals surface area contributed by atoms with Crippen LogP contribution in [0.5, 0.6) is 11.5 Å². The summed E-state index contributed by atoms with van der Waals surface area (Å²) in [5.41, 5.74) is 0.915. The lowest BCUT2D eigenvalue weighted by atomic mass is 10.1. The summed E-state index contributed by atoms with van der Waals surface area (Å²) in [6.07, 6.45) is 3.43. The van der Waals surface area contributed by atoms with Crippen LogP contribution in [0.25, 0.3) is 11.4 Å². The van der Waals surface area contributed by atoms with Gasteiger partial charge in [-0.3, -0.25) is 4.79 Å². The largest absolute Gasteiger partial charge is 0.486 e. The molecule has 1 saturated heterocycles. The summed E-state index contributed by atoms with van der Waals surface area (Å²) in [6.45, 7) is 2.87. The van der Waals surface area contributed by atoms with Gasteiger partial charge in [-0.25, -0.2) is 0 Å². The van der Waals surface area contributed by atoms with Crippen LogP contribution in [0.2, 0.25) is 0 Å². The molecule has 0 unspecified atom stereocenters. The lowest BCUT2D eigenvalue weighted by Crippen LogP contribution is -2.36. The first-order chi connectivity index (χ1) is 12.7. The molecular formula is C18H22N4O3S. The average molecular weight is 374 g/mol. The first-order valence-corrected chi connectivity index (χ1v) is 9.91. The van der Waals surface area contributed by atoms with Crippen molar-refractivity contribution in [2.75, 3.05) is 32.1 Å². The first-order valence-electron chi connectivity index (χ1n) is 8.92. The van der Waals surface area contributed by atoms with Crippen LogP contribution in [-0.4, -0.2) is 57.6 Å². The number of nitrogens with zero attached hydrogens (tertiary/aromatic N) is 4. The van der Waals surface area contributed by atoms with E-state index in [-0.39, 0.29) is 5.91 Å². The number of likely N-dealkylation sites (tertiary alicyclic amines) is 1. The van der Waals surface area contributed by atoms with E-state index in [1.54, 1.807) is 0 Å². The quantitative estimate of drug-likeness (QED) is 0.765. The number of hydrogen-bond acceptors (Lipinski definition) is 6. The molecule has 26 heavy (non-hydrogen) atoms. The van der Waals surface area contributed by atoms with Gasteiger partial charge in [0.1, 0.15) is 13.2 Å². The number of piperidine rings is 1. The monoisotopic (exact) mass is 374 g/mol. The zero-order valence-electron chi connectivity index (χ0n) is 14.8. The van der Waals surface area contributed by atoms with Gasteiger partial charge in [-0.1, -0.05) is 11.8 Å². The number of amides is 1. The van der Waals surface area contributed by atoms with E-state index in [0.29, 0.717) is 19.0 Å². The smallest absolute Gasteiger partial charge is 0.233 e. The van der Waals surface area contributed by atoms with Crippen LogP contribution < -0.4 is 9.47 Å². The summed E-state index contributed by atoms with van der Waals surface area (Å²) in [7, 11) is 1.92. The van der Waals surface area contributed by atoms with Crippen molar-refractivity contribution in [2.45, 2.75) is 24.4 Å². The molecule has 1 amide bonds. The number of fused-ring (bicyclic) bond motifs is 1. The number of thioether (sulfide) groups is 1. The second kappa shape index (κ2) is 7.57. The normalized spacial score (nSPS) is 16.6. The zero-order chi connectivity index (χ0) is 17.9. The Hall–Kier alpha value is -2.22. The predicted molar refractivity (Wildman–Crippen MR) is 98.6 cm³/mol. The summed E-state index contributed by atoms with van der Waals surface area (Å²) >= 11 is 1.44. The summed E-state index contributed by atoms with van der Waals surface area (Å²) in [6, 6.07) is 5.77. The van der Waals surface area contributed by atoms with Crippen molar-refractivity contribution in [3.63, 3.8) is 0 Å². The first kappa shape index (κ1) is 17.2. The Bertz CT molecular complexity index is 802. The minimum atomic E-state index is 0.179. The summed E-state index contributed by atoms with van der Waals surface area (Å²) in [4.78, 5) is 14.3. The van der Waals surface area contributed by atoms with Gasteiger partial charge < -0.3 is 18.9 Å².